The molecule has 0 aliphatic carbocycles. The van der Waals surface area contributed by atoms with E-state index in [4.69, 9.17) is 0 Å². The largest absolute Gasteiger partial charge is 0.467 e. The van der Waals surface area contributed by atoms with Gasteiger partial charge in [-0.3, -0.25) is 4.79 Å². The summed E-state index contributed by atoms with van der Waals surface area (Å²) in [5.41, 5.74) is 0. The van der Waals surface area contributed by atoms with Gasteiger partial charge >= 0.3 is 23.8 Å². The SMILES string of the molecule is COC(=O)C(=O)N1[C@@H](C(=O)OC)C[C@@H]1C(=O)OC. The molecular weight excluding hydrogens is 246 g/mol. The second kappa shape index (κ2) is 5.48. The molecule has 1 fully saturated rings. The number of rotatable bonds is 2. The third kappa shape index (κ3) is 2.27. The molecule has 100 valence electrons. The highest BCUT2D eigenvalue weighted by atomic mass is 16.5. The Bertz CT molecular complexity index is 370. The zero-order valence-corrected chi connectivity index (χ0v) is 10.2. The maximum atomic E-state index is 11.7. The van der Waals surface area contributed by atoms with Crippen LogP contribution in [0.4, 0.5) is 0 Å². The van der Waals surface area contributed by atoms with Crippen LogP contribution in [-0.4, -0.2) is 62.1 Å². The minimum absolute atomic E-state index is 0.0576. The number of likely N-dealkylation sites (tertiary alicyclic amines) is 1. The van der Waals surface area contributed by atoms with Crippen LogP contribution < -0.4 is 0 Å². The molecule has 1 aliphatic rings. The molecule has 8 heteroatoms. The number of esters is 3. The fourth-order valence-corrected chi connectivity index (χ4v) is 1.69. The van der Waals surface area contributed by atoms with Crippen molar-refractivity contribution in [3.05, 3.63) is 0 Å². The molecule has 1 heterocycles. The van der Waals surface area contributed by atoms with Crippen molar-refractivity contribution in [2.75, 3.05) is 21.3 Å². The Kier molecular flexibility index (Phi) is 4.24. The summed E-state index contributed by atoms with van der Waals surface area (Å²) in [5.74, 6) is -3.63. The smallest absolute Gasteiger partial charge is 0.396 e. The van der Waals surface area contributed by atoms with Crippen LogP contribution in [-0.2, 0) is 33.4 Å². The van der Waals surface area contributed by atoms with Crippen LogP contribution in [0.1, 0.15) is 6.42 Å². The average molecular weight is 259 g/mol. The number of hydrogen-bond donors (Lipinski definition) is 0. The topological polar surface area (TPSA) is 99.2 Å². The van der Waals surface area contributed by atoms with E-state index in [1.807, 2.05) is 0 Å². The minimum Gasteiger partial charge on any atom is -0.467 e. The first-order chi connectivity index (χ1) is 8.47. The Morgan fingerprint density at radius 3 is 1.67 bits per heavy atom. The molecule has 0 unspecified atom stereocenters. The molecule has 0 bridgehead atoms. The molecule has 1 rings (SSSR count). The zero-order valence-electron chi connectivity index (χ0n) is 10.2. The standard InChI is InChI=1S/C10H13NO7/c1-16-8(13)5-4-6(9(14)17-2)11(5)7(12)10(15)18-3/h5-6H,4H2,1-3H3/t5-,6-/m1/s1. The van der Waals surface area contributed by atoms with Crippen molar-refractivity contribution in [2.45, 2.75) is 18.5 Å². The van der Waals surface area contributed by atoms with Crippen LogP contribution in [0.5, 0.6) is 0 Å². The molecule has 1 amide bonds. The molecule has 1 aliphatic heterocycles. The molecule has 0 aromatic rings. The van der Waals surface area contributed by atoms with Crippen molar-refractivity contribution in [3.8, 4) is 0 Å². The summed E-state index contributed by atoms with van der Waals surface area (Å²) >= 11 is 0. The van der Waals surface area contributed by atoms with E-state index in [1.54, 1.807) is 0 Å². The number of ether oxygens (including phenoxy) is 3. The summed E-state index contributed by atoms with van der Waals surface area (Å²) in [7, 11) is 3.32. The summed E-state index contributed by atoms with van der Waals surface area (Å²) in [6.45, 7) is 0. The van der Waals surface area contributed by atoms with Crippen molar-refractivity contribution in [3.63, 3.8) is 0 Å². The van der Waals surface area contributed by atoms with Gasteiger partial charge in [0.05, 0.1) is 21.3 Å². The van der Waals surface area contributed by atoms with E-state index in [9.17, 15) is 19.2 Å². The predicted molar refractivity (Wildman–Crippen MR) is 55.1 cm³/mol. The zero-order chi connectivity index (χ0) is 13.9. The highest BCUT2D eigenvalue weighted by molar-refractivity contribution is 6.33. The fourth-order valence-electron chi connectivity index (χ4n) is 1.69. The van der Waals surface area contributed by atoms with Crippen LogP contribution in [0.2, 0.25) is 0 Å². The molecule has 0 spiro atoms. The summed E-state index contributed by atoms with van der Waals surface area (Å²) in [4.78, 5) is 46.3. The Morgan fingerprint density at radius 1 is 0.889 bits per heavy atom. The molecule has 0 aromatic carbocycles. The van der Waals surface area contributed by atoms with Crippen molar-refractivity contribution >= 4 is 23.8 Å². The maximum absolute atomic E-state index is 11.7. The van der Waals surface area contributed by atoms with E-state index in [1.165, 1.54) is 0 Å². The molecule has 0 N–H and O–H groups in total. The second-order valence-corrected chi connectivity index (χ2v) is 3.52. The lowest BCUT2D eigenvalue weighted by Crippen LogP contribution is -2.66. The average Bonchev–Trinajstić information content (AvgIpc) is 2.35. The summed E-state index contributed by atoms with van der Waals surface area (Å²) in [6.07, 6.45) is 0.0576. The van der Waals surface area contributed by atoms with Gasteiger partial charge in [-0.1, -0.05) is 0 Å². The molecule has 8 nitrogen and oxygen atoms in total. The van der Waals surface area contributed by atoms with Crippen molar-refractivity contribution in [1.29, 1.82) is 0 Å². The van der Waals surface area contributed by atoms with Gasteiger partial charge in [-0.05, 0) is 0 Å². The van der Waals surface area contributed by atoms with Crippen LogP contribution in [0.25, 0.3) is 0 Å². The molecule has 0 radical (unpaired) electrons. The van der Waals surface area contributed by atoms with Crippen LogP contribution in [0.15, 0.2) is 0 Å². The van der Waals surface area contributed by atoms with E-state index >= 15 is 0 Å². The van der Waals surface area contributed by atoms with Crippen LogP contribution in [0.3, 0.4) is 0 Å². The van der Waals surface area contributed by atoms with Crippen LogP contribution >= 0.6 is 0 Å². The van der Waals surface area contributed by atoms with E-state index in [0.29, 0.717) is 0 Å². The molecule has 0 saturated carbocycles. The summed E-state index contributed by atoms with van der Waals surface area (Å²) in [5, 5.41) is 0. The lowest BCUT2D eigenvalue weighted by Gasteiger charge is -2.43. The number of hydrogen-bond acceptors (Lipinski definition) is 7. The van der Waals surface area contributed by atoms with Crippen LogP contribution in [0, 0.1) is 0 Å². The lowest BCUT2D eigenvalue weighted by atomic mass is 9.92. The fraction of sp³-hybridized carbons (Fsp3) is 0.600. The van der Waals surface area contributed by atoms with Gasteiger partial charge in [0.1, 0.15) is 12.1 Å². The number of nitrogens with zero attached hydrogens (tertiary/aromatic N) is 1. The molecular formula is C10H13NO7. The predicted octanol–water partition coefficient (Wildman–Crippen LogP) is -1.53. The highest BCUT2D eigenvalue weighted by Crippen LogP contribution is 2.28. The number of carbonyl (C=O) groups excluding carboxylic acids is 4. The summed E-state index contributed by atoms with van der Waals surface area (Å²) in [6, 6.07) is -1.93. The van der Waals surface area contributed by atoms with E-state index in [2.05, 4.69) is 14.2 Å². The van der Waals surface area contributed by atoms with Crippen molar-refractivity contribution in [1.82, 2.24) is 4.90 Å². The van der Waals surface area contributed by atoms with Gasteiger partial charge in [0.25, 0.3) is 0 Å². The Morgan fingerprint density at radius 2 is 1.33 bits per heavy atom. The monoisotopic (exact) mass is 259 g/mol. The van der Waals surface area contributed by atoms with E-state index in [-0.39, 0.29) is 6.42 Å². The van der Waals surface area contributed by atoms with Gasteiger partial charge in [-0.2, -0.15) is 0 Å². The lowest BCUT2D eigenvalue weighted by molar-refractivity contribution is -0.180. The number of carbonyl (C=O) groups is 4. The van der Waals surface area contributed by atoms with E-state index in [0.717, 1.165) is 26.2 Å². The maximum Gasteiger partial charge on any atom is 0.396 e. The Hall–Kier alpha value is -2.12. The third-order valence-corrected chi connectivity index (χ3v) is 2.66. The third-order valence-electron chi connectivity index (χ3n) is 2.66. The van der Waals surface area contributed by atoms with Gasteiger partial charge in [0.15, 0.2) is 0 Å². The molecule has 0 aromatic heterocycles. The molecule has 1 saturated heterocycles. The first-order valence-electron chi connectivity index (χ1n) is 5.04. The Labute approximate surface area is 103 Å². The van der Waals surface area contributed by atoms with Gasteiger partial charge in [0.2, 0.25) is 0 Å². The molecule has 18 heavy (non-hydrogen) atoms. The van der Waals surface area contributed by atoms with Gasteiger partial charge in [-0.25, -0.2) is 14.4 Å². The van der Waals surface area contributed by atoms with Crippen molar-refractivity contribution in [2.24, 2.45) is 0 Å². The minimum atomic E-state index is -1.16. The first-order valence-corrected chi connectivity index (χ1v) is 5.04. The van der Waals surface area contributed by atoms with Crippen molar-refractivity contribution < 1.29 is 33.4 Å². The molecule has 2 atom stereocenters. The van der Waals surface area contributed by atoms with Gasteiger partial charge < -0.3 is 19.1 Å². The normalized spacial score (nSPS) is 21.6. The number of methoxy groups -OCH3 is 3. The summed E-state index contributed by atoms with van der Waals surface area (Å²) < 4.78 is 13.2. The number of amides is 1. The van der Waals surface area contributed by atoms with Gasteiger partial charge in [0, 0.05) is 6.42 Å². The first kappa shape index (κ1) is 13.9. The quantitative estimate of drug-likeness (QED) is 0.337. The van der Waals surface area contributed by atoms with Gasteiger partial charge in [-0.15, -0.1) is 0 Å². The second-order valence-electron chi connectivity index (χ2n) is 3.52. The van der Waals surface area contributed by atoms with E-state index < -0.39 is 35.9 Å². The highest BCUT2D eigenvalue weighted by Gasteiger charge is 2.52. The Balaban J connectivity index is 2.89.